The maximum absolute atomic E-state index is 10.1. The second kappa shape index (κ2) is 11.7. The van der Waals surface area contributed by atoms with Crippen molar-refractivity contribution in [2.24, 2.45) is 0 Å². The highest BCUT2D eigenvalue weighted by Gasteiger charge is 2.06. The average Bonchev–Trinajstić information content (AvgIpc) is 2.67. The maximum Gasteiger partial charge on any atom is 0.120 e. The molecule has 2 rings (SSSR count). The summed E-state index contributed by atoms with van der Waals surface area (Å²) in [6, 6.07) is 11.8. The summed E-state index contributed by atoms with van der Waals surface area (Å²) in [6.45, 7) is 5.60. The number of phenolic OH excluding ortho intramolecular Hbond substituents is 2. The number of unbranched alkanes of at least 4 members (excludes halogenated alkanes) is 4. The second-order valence-electron chi connectivity index (χ2n) is 7.44. The lowest BCUT2D eigenvalue weighted by Gasteiger charge is -2.11. The smallest absolute Gasteiger partial charge is 0.120 e. The number of hydrogen-bond donors (Lipinski definition) is 3. The van der Waals surface area contributed by atoms with E-state index in [1.54, 1.807) is 12.1 Å². The number of rotatable bonds is 12. The highest BCUT2D eigenvalue weighted by atomic mass is 16.3. The lowest BCUT2D eigenvalue weighted by molar-refractivity contribution is 0.458. The van der Waals surface area contributed by atoms with Gasteiger partial charge in [-0.1, -0.05) is 63.8 Å². The van der Waals surface area contributed by atoms with Crippen molar-refractivity contribution in [3.63, 3.8) is 0 Å². The third-order valence-electron chi connectivity index (χ3n) is 5.06. The van der Waals surface area contributed by atoms with Crippen LogP contribution in [0.3, 0.4) is 0 Å². The van der Waals surface area contributed by atoms with E-state index < -0.39 is 0 Å². The van der Waals surface area contributed by atoms with Crippen LogP contribution < -0.4 is 5.32 Å². The van der Waals surface area contributed by atoms with Crippen LogP contribution in [0.15, 0.2) is 36.4 Å². The largest absolute Gasteiger partial charge is 0.508 e. The molecule has 0 saturated carbocycles. The molecule has 0 heterocycles. The molecular formula is C24H35NO2. The highest BCUT2D eigenvalue weighted by Crippen LogP contribution is 2.22. The Kier molecular flexibility index (Phi) is 9.20. The predicted octanol–water partition coefficient (Wildman–Crippen LogP) is 5.85. The van der Waals surface area contributed by atoms with Crippen LogP contribution in [0.25, 0.3) is 0 Å². The zero-order valence-corrected chi connectivity index (χ0v) is 16.9. The minimum absolute atomic E-state index is 0.333. The van der Waals surface area contributed by atoms with Gasteiger partial charge in [-0.25, -0.2) is 0 Å². The number of aromatic hydroxyl groups is 2. The molecule has 0 aliphatic heterocycles. The molecule has 3 heteroatoms. The normalized spacial score (nSPS) is 11.0. The van der Waals surface area contributed by atoms with Gasteiger partial charge in [0.15, 0.2) is 0 Å². The molecule has 0 fully saturated rings. The number of aryl methyl sites for hydroxylation is 2. The molecule has 0 aliphatic carbocycles. The molecule has 0 unspecified atom stereocenters. The molecule has 3 N–H and O–H groups in total. The van der Waals surface area contributed by atoms with Crippen LogP contribution in [0.2, 0.25) is 0 Å². The lowest BCUT2D eigenvalue weighted by atomic mass is 10.0. The standard InChI is InChI=1S/C24H35NO2/c1-3-5-7-9-19-11-13-23(26)21(15-19)17-25-18-22-16-20(10-8-6-4-2)12-14-24(22)27/h11-16,25-27H,3-10,17-18H2,1-2H3. The van der Waals surface area contributed by atoms with Crippen molar-refractivity contribution >= 4 is 0 Å². The molecule has 0 saturated heterocycles. The predicted molar refractivity (Wildman–Crippen MR) is 113 cm³/mol. The van der Waals surface area contributed by atoms with E-state index in [0.717, 1.165) is 24.0 Å². The van der Waals surface area contributed by atoms with Crippen molar-refractivity contribution < 1.29 is 10.2 Å². The zero-order chi connectivity index (χ0) is 19.5. The molecule has 27 heavy (non-hydrogen) atoms. The molecule has 2 aromatic rings. The molecule has 0 atom stereocenters. The van der Waals surface area contributed by atoms with Crippen LogP contribution in [-0.2, 0) is 25.9 Å². The Morgan fingerprint density at radius 3 is 1.52 bits per heavy atom. The molecule has 3 nitrogen and oxygen atoms in total. The molecule has 0 aromatic heterocycles. The summed E-state index contributed by atoms with van der Waals surface area (Å²) >= 11 is 0. The Morgan fingerprint density at radius 2 is 1.11 bits per heavy atom. The summed E-state index contributed by atoms with van der Waals surface area (Å²) in [6.07, 6.45) is 9.40. The van der Waals surface area contributed by atoms with Crippen LogP contribution in [0.1, 0.15) is 74.6 Å². The van der Waals surface area contributed by atoms with Crippen molar-refractivity contribution in [2.75, 3.05) is 0 Å². The van der Waals surface area contributed by atoms with Crippen LogP contribution in [0, 0.1) is 0 Å². The fraction of sp³-hybridized carbons (Fsp3) is 0.500. The minimum Gasteiger partial charge on any atom is -0.508 e. The molecular weight excluding hydrogens is 334 g/mol. The van der Waals surface area contributed by atoms with Crippen molar-refractivity contribution in [3.8, 4) is 11.5 Å². The van der Waals surface area contributed by atoms with E-state index in [4.69, 9.17) is 0 Å². The van der Waals surface area contributed by atoms with Gasteiger partial charge in [0, 0.05) is 24.2 Å². The first-order chi connectivity index (χ1) is 13.1. The van der Waals surface area contributed by atoms with Crippen LogP contribution in [-0.4, -0.2) is 10.2 Å². The highest BCUT2D eigenvalue weighted by molar-refractivity contribution is 5.38. The van der Waals surface area contributed by atoms with Crippen LogP contribution >= 0.6 is 0 Å². The SMILES string of the molecule is CCCCCc1ccc(O)c(CNCc2cc(CCCCC)ccc2O)c1. The number of hydrogen-bond acceptors (Lipinski definition) is 3. The van der Waals surface area contributed by atoms with Crippen molar-refractivity contribution in [3.05, 3.63) is 58.7 Å². The van der Waals surface area contributed by atoms with E-state index in [9.17, 15) is 10.2 Å². The lowest BCUT2D eigenvalue weighted by Crippen LogP contribution is -2.13. The third kappa shape index (κ3) is 7.26. The van der Waals surface area contributed by atoms with Gasteiger partial charge in [0.1, 0.15) is 11.5 Å². The monoisotopic (exact) mass is 369 g/mol. The van der Waals surface area contributed by atoms with Crippen LogP contribution in [0.5, 0.6) is 11.5 Å². The Hall–Kier alpha value is -2.00. The van der Waals surface area contributed by atoms with Gasteiger partial charge in [0.05, 0.1) is 0 Å². The number of benzene rings is 2. The first-order valence-corrected chi connectivity index (χ1v) is 10.5. The average molecular weight is 370 g/mol. The molecule has 0 radical (unpaired) electrons. The molecule has 0 bridgehead atoms. The molecule has 0 aliphatic rings. The van der Waals surface area contributed by atoms with Gasteiger partial charge in [0.25, 0.3) is 0 Å². The van der Waals surface area contributed by atoms with Crippen molar-refractivity contribution in [1.29, 1.82) is 0 Å². The molecule has 0 amide bonds. The second-order valence-corrected chi connectivity index (χ2v) is 7.44. The first-order valence-electron chi connectivity index (χ1n) is 10.5. The van der Waals surface area contributed by atoms with Gasteiger partial charge in [0.2, 0.25) is 0 Å². The molecule has 148 valence electrons. The fourth-order valence-electron chi connectivity index (χ4n) is 3.36. The number of phenols is 2. The van der Waals surface area contributed by atoms with E-state index in [2.05, 4.69) is 31.3 Å². The first kappa shape index (κ1) is 21.3. The zero-order valence-electron chi connectivity index (χ0n) is 16.9. The van der Waals surface area contributed by atoms with Gasteiger partial charge in [-0.05, 0) is 48.9 Å². The van der Waals surface area contributed by atoms with Gasteiger partial charge in [-0.3, -0.25) is 0 Å². The van der Waals surface area contributed by atoms with E-state index >= 15 is 0 Å². The van der Waals surface area contributed by atoms with E-state index in [1.807, 2.05) is 12.1 Å². The fourth-order valence-corrected chi connectivity index (χ4v) is 3.36. The summed E-state index contributed by atoms with van der Waals surface area (Å²) in [5, 5.41) is 23.6. The summed E-state index contributed by atoms with van der Waals surface area (Å²) in [5.74, 6) is 0.665. The van der Waals surface area contributed by atoms with Gasteiger partial charge in [-0.2, -0.15) is 0 Å². The Morgan fingerprint density at radius 1 is 0.667 bits per heavy atom. The van der Waals surface area contributed by atoms with Crippen molar-refractivity contribution in [2.45, 2.75) is 78.3 Å². The maximum atomic E-state index is 10.1. The summed E-state index contributed by atoms with van der Waals surface area (Å²) in [7, 11) is 0. The van der Waals surface area contributed by atoms with Gasteiger partial charge >= 0.3 is 0 Å². The molecule has 0 spiro atoms. The quantitative estimate of drug-likeness (QED) is 0.411. The van der Waals surface area contributed by atoms with Gasteiger partial charge in [-0.15, -0.1) is 0 Å². The summed E-state index contributed by atoms with van der Waals surface area (Å²) in [5.41, 5.74) is 4.39. The Bertz CT molecular complexity index is 637. The molecule has 2 aromatic carbocycles. The summed E-state index contributed by atoms with van der Waals surface area (Å²) < 4.78 is 0. The van der Waals surface area contributed by atoms with E-state index in [1.165, 1.54) is 49.7 Å². The summed E-state index contributed by atoms with van der Waals surface area (Å²) in [4.78, 5) is 0. The van der Waals surface area contributed by atoms with E-state index in [-0.39, 0.29) is 0 Å². The van der Waals surface area contributed by atoms with Crippen molar-refractivity contribution in [1.82, 2.24) is 5.32 Å². The minimum atomic E-state index is 0.333. The topological polar surface area (TPSA) is 52.5 Å². The van der Waals surface area contributed by atoms with Crippen LogP contribution in [0.4, 0.5) is 0 Å². The Labute approximate surface area is 164 Å². The Balaban J connectivity index is 1.91. The number of nitrogens with one attached hydrogen (secondary N) is 1. The third-order valence-corrected chi connectivity index (χ3v) is 5.06. The van der Waals surface area contributed by atoms with Gasteiger partial charge < -0.3 is 15.5 Å². The van der Waals surface area contributed by atoms with E-state index in [0.29, 0.717) is 24.6 Å².